The van der Waals surface area contributed by atoms with Crippen LogP contribution in [0.1, 0.15) is 0 Å². The highest BCUT2D eigenvalue weighted by Crippen LogP contribution is 2.33. The summed E-state index contributed by atoms with van der Waals surface area (Å²) in [5, 5.41) is -0.117. The molecule has 0 amide bonds. The molecule has 0 heterocycles. The van der Waals surface area contributed by atoms with Gasteiger partial charge in [0.2, 0.25) is 0 Å². The van der Waals surface area contributed by atoms with E-state index in [1.54, 1.807) is 0 Å². The molecule has 17 heavy (non-hydrogen) atoms. The van der Waals surface area contributed by atoms with Gasteiger partial charge in [-0.05, 0) is 18.2 Å². The molecule has 0 aliphatic rings. The Balaban J connectivity index is 2.77. The van der Waals surface area contributed by atoms with E-state index in [2.05, 4.69) is 0 Å². The van der Waals surface area contributed by atoms with Crippen molar-refractivity contribution in [2.75, 3.05) is 0 Å². The van der Waals surface area contributed by atoms with E-state index in [0.717, 1.165) is 6.07 Å². The normalized spacial score (nSPS) is 10.6. The molecule has 0 fully saturated rings. The molecule has 5 heteroatoms. The topological polar surface area (TPSA) is 0 Å². The summed E-state index contributed by atoms with van der Waals surface area (Å²) >= 11 is 5.69. The summed E-state index contributed by atoms with van der Waals surface area (Å²) in [5.74, 6) is -4.57. The molecule has 0 saturated carbocycles. The third kappa shape index (κ3) is 2.13. The molecular weight excluding hydrogens is 256 g/mol. The Hall–Kier alpha value is -1.55. The molecule has 0 spiro atoms. The van der Waals surface area contributed by atoms with Crippen molar-refractivity contribution in [1.82, 2.24) is 0 Å². The van der Waals surface area contributed by atoms with Gasteiger partial charge in [-0.1, -0.05) is 17.7 Å². The molecule has 0 N–H and O–H groups in total. The lowest BCUT2D eigenvalue weighted by Gasteiger charge is -2.08. The zero-order valence-corrected chi connectivity index (χ0v) is 9.03. The van der Waals surface area contributed by atoms with Crippen molar-refractivity contribution >= 4 is 11.6 Å². The molecule has 0 aromatic heterocycles. The standard InChI is InChI=1S/C12H5ClF4/c13-8-2-1-3-9(15)11(8)7-4-6(14)5-10(16)12(7)17/h1-5H. The van der Waals surface area contributed by atoms with Crippen LogP contribution in [0.4, 0.5) is 17.6 Å². The van der Waals surface area contributed by atoms with Gasteiger partial charge < -0.3 is 0 Å². The van der Waals surface area contributed by atoms with Crippen LogP contribution in [0.3, 0.4) is 0 Å². The molecule has 2 aromatic carbocycles. The van der Waals surface area contributed by atoms with Crippen molar-refractivity contribution in [2.24, 2.45) is 0 Å². The Labute approximate surface area is 99.5 Å². The summed E-state index contributed by atoms with van der Waals surface area (Å²) < 4.78 is 52.9. The van der Waals surface area contributed by atoms with E-state index in [1.165, 1.54) is 12.1 Å². The van der Waals surface area contributed by atoms with Crippen LogP contribution in [-0.2, 0) is 0 Å². The van der Waals surface area contributed by atoms with Gasteiger partial charge in [-0.15, -0.1) is 0 Å². The second-order valence-corrected chi connectivity index (χ2v) is 3.75. The van der Waals surface area contributed by atoms with E-state index in [4.69, 9.17) is 11.6 Å². The first-order valence-corrected chi connectivity index (χ1v) is 4.97. The Morgan fingerprint density at radius 3 is 2.24 bits per heavy atom. The summed E-state index contributed by atoms with van der Waals surface area (Å²) in [4.78, 5) is 0. The average molecular weight is 261 g/mol. The number of benzene rings is 2. The van der Waals surface area contributed by atoms with E-state index in [1.807, 2.05) is 0 Å². The Morgan fingerprint density at radius 2 is 1.59 bits per heavy atom. The summed E-state index contributed by atoms with van der Waals surface area (Å²) in [6.45, 7) is 0. The summed E-state index contributed by atoms with van der Waals surface area (Å²) in [6.07, 6.45) is 0. The first-order chi connectivity index (χ1) is 8.00. The second-order valence-electron chi connectivity index (χ2n) is 3.35. The fourth-order valence-corrected chi connectivity index (χ4v) is 1.76. The molecule has 0 bridgehead atoms. The van der Waals surface area contributed by atoms with Crippen molar-refractivity contribution in [3.05, 3.63) is 58.6 Å². The maximum atomic E-state index is 13.5. The van der Waals surface area contributed by atoms with Crippen molar-refractivity contribution in [3.63, 3.8) is 0 Å². The van der Waals surface area contributed by atoms with Crippen LogP contribution in [0.5, 0.6) is 0 Å². The minimum Gasteiger partial charge on any atom is -0.207 e. The number of halogens is 5. The fourth-order valence-electron chi connectivity index (χ4n) is 1.49. The minimum atomic E-state index is -1.39. The van der Waals surface area contributed by atoms with Gasteiger partial charge in [0.1, 0.15) is 11.6 Å². The summed E-state index contributed by atoms with van der Waals surface area (Å²) in [6, 6.07) is 4.73. The van der Waals surface area contributed by atoms with Crippen molar-refractivity contribution < 1.29 is 17.6 Å². The molecule has 2 rings (SSSR count). The van der Waals surface area contributed by atoms with Crippen LogP contribution in [0.25, 0.3) is 11.1 Å². The summed E-state index contributed by atoms with van der Waals surface area (Å²) in [7, 11) is 0. The minimum absolute atomic E-state index is 0.117. The number of hydrogen-bond donors (Lipinski definition) is 0. The van der Waals surface area contributed by atoms with Gasteiger partial charge in [0.15, 0.2) is 11.6 Å². The third-order valence-corrected chi connectivity index (χ3v) is 2.54. The zero-order valence-electron chi connectivity index (χ0n) is 8.28. The third-order valence-electron chi connectivity index (χ3n) is 2.23. The van der Waals surface area contributed by atoms with Crippen LogP contribution in [0, 0.1) is 23.3 Å². The lowest BCUT2D eigenvalue weighted by Crippen LogP contribution is -1.95. The highest BCUT2D eigenvalue weighted by molar-refractivity contribution is 6.33. The van der Waals surface area contributed by atoms with E-state index >= 15 is 0 Å². The predicted molar refractivity (Wildman–Crippen MR) is 56.7 cm³/mol. The van der Waals surface area contributed by atoms with E-state index in [9.17, 15) is 17.6 Å². The molecule has 2 aromatic rings. The van der Waals surface area contributed by atoms with Crippen LogP contribution < -0.4 is 0 Å². The largest absolute Gasteiger partial charge is 0.207 e. The summed E-state index contributed by atoms with van der Waals surface area (Å²) in [5.41, 5.74) is -0.893. The first-order valence-electron chi connectivity index (χ1n) is 4.59. The van der Waals surface area contributed by atoms with Gasteiger partial charge in [0.25, 0.3) is 0 Å². The van der Waals surface area contributed by atoms with Gasteiger partial charge in [-0.25, -0.2) is 17.6 Å². The molecule has 88 valence electrons. The van der Waals surface area contributed by atoms with Crippen molar-refractivity contribution in [1.29, 1.82) is 0 Å². The molecule has 0 aliphatic carbocycles. The van der Waals surface area contributed by atoms with Crippen molar-refractivity contribution in [3.8, 4) is 11.1 Å². The molecule has 0 saturated heterocycles. The maximum absolute atomic E-state index is 13.5. The monoisotopic (exact) mass is 260 g/mol. The number of rotatable bonds is 1. The second kappa shape index (κ2) is 4.37. The van der Waals surface area contributed by atoms with Crippen LogP contribution >= 0.6 is 11.6 Å². The van der Waals surface area contributed by atoms with Gasteiger partial charge in [0.05, 0.1) is 5.02 Å². The van der Waals surface area contributed by atoms with Gasteiger partial charge in [0, 0.05) is 17.2 Å². The SMILES string of the molecule is Fc1cc(F)c(F)c(-c2c(F)cccc2Cl)c1. The quantitative estimate of drug-likeness (QED) is 0.521. The van der Waals surface area contributed by atoms with E-state index in [0.29, 0.717) is 12.1 Å². The lowest BCUT2D eigenvalue weighted by atomic mass is 10.0. The Bertz CT molecular complexity index is 561. The Morgan fingerprint density at radius 1 is 0.882 bits per heavy atom. The molecule has 0 unspecified atom stereocenters. The average Bonchev–Trinajstić information content (AvgIpc) is 2.24. The molecule has 0 atom stereocenters. The van der Waals surface area contributed by atoms with Crippen LogP contribution in [0.15, 0.2) is 30.3 Å². The molecule has 0 nitrogen and oxygen atoms in total. The predicted octanol–water partition coefficient (Wildman–Crippen LogP) is 4.56. The van der Waals surface area contributed by atoms with Gasteiger partial charge in [-0.3, -0.25) is 0 Å². The zero-order chi connectivity index (χ0) is 12.6. The maximum Gasteiger partial charge on any atom is 0.167 e. The van der Waals surface area contributed by atoms with Gasteiger partial charge in [-0.2, -0.15) is 0 Å². The van der Waals surface area contributed by atoms with E-state index < -0.39 is 28.8 Å². The first kappa shape index (κ1) is 11.9. The van der Waals surface area contributed by atoms with Crippen LogP contribution in [0.2, 0.25) is 5.02 Å². The Kier molecular flexibility index (Phi) is 3.07. The molecular formula is C12H5ClF4. The highest BCUT2D eigenvalue weighted by Gasteiger charge is 2.18. The van der Waals surface area contributed by atoms with Gasteiger partial charge >= 0.3 is 0 Å². The fraction of sp³-hybridized carbons (Fsp3) is 0. The van der Waals surface area contributed by atoms with E-state index in [-0.39, 0.29) is 10.6 Å². The smallest absolute Gasteiger partial charge is 0.167 e. The lowest BCUT2D eigenvalue weighted by molar-refractivity contribution is 0.497. The number of hydrogen-bond acceptors (Lipinski definition) is 0. The highest BCUT2D eigenvalue weighted by atomic mass is 35.5. The molecule has 0 aliphatic heterocycles. The van der Waals surface area contributed by atoms with Crippen molar-refractivity contribution in [2.45, 2.75) is 0 Å². The van der Waals surface area contributed by atoms with Crippen LogP contribution in [-0.4, -0.2) is 0 Å². The molecule has 0 radical (unpaired) electrons.